The van der Waals surface area contributed by atoms with Crippen LogP contribution in [0.2, 0.25) is 0 Å². The third kappa shape index (κ3) is 5.82. The van der Waals surface area contributed by atoms with Crippen LogP contribution in [-0.4, -0.2) is 25.0 Å². The van der Waals surface area contributed by atoms with Gasteiger partial charge in [-0.25, -0.2) is 4.79 Å². The molecule has 3 aromatic carbocycles. The Morgan fingerprint density at radius 3 is 2.20 bits per heavy atom. The van der Waals surface area contributed by atoms with Gasteiger partial charge >= 0.3 is 5.97 Å². The first-order valence-corrected chi connectivity index (χ1v) is 10.5. The number of esters is 1. The summed E-state index contributed by atoms with van der Waals surface area (Å²) in [4.78, 5) is 24.7. The molecule has 5 nitrogen and oxygen atoms in total. The van der Waals surface area contributed by atoms with Crippen molar-refractivity contribution in [2.24, 2.45) is 0 Å². The molecule has 0 aromatic heterocycles. The number of benzene rings is 3. The van der Waals surface area contributed by atoms with Gasteiger partial charge in [-0.05, 0) is 47.2 Å². The lowest BCUT2D eigenvalue weighted by Gasteiger charge is -2.15. The van der Waals surface area contributed by atoms with Gasteiger partial charge in [0.05, 0.1) is 15.7 Å². The van der Waals surface area contributed by atoms with E-state index in [4.69, 9.17) is 14.2 Å². The van der Waals surface area contributed by atoms with E-state index in [-0.39, 0.29) is 12.4 Å². The fraction of sp³-hybridized carbons (Fsp3) is 0.167. The van der Waals surface area contributed by atoms with Crippen LogP contribution in [-0.2, 0) is 11.3 Å². The van der Waals surface area contributed by atoms with Gasteiger partial charge in [-0.1, -0.05) is 60.7 Å². The van der Waals surface area contributed by atoms with Crippen LogP contribution in [0.4, 0.5) is 0 Å². The van der Waals surface area contributed by atoms with Crippen LogP contribution in [0.3, 0.4) is 0 Å². The van der Waals surface area contributed by atoms with E-state index in [1.807, 2.05) is 43.3 Å². The van der Waals surface area contributed by atoms with Crippen molar-refractivity contribution in [3.63, 3.8) is 0 Å². The highest BCUT2D eigenvalue weighted by Crippen LogP contribution is 2.35. The summed E-state index contributed by atoms with van der Waals surface area (Å²) in [6.07, 6.45) is 0. The maximum Gasteiger partial charge on any atom is 0.338 e. The number of rotatable bonds is 9. The molecule has 0 spiro atoms. The SMILES string of the molecule is CCOc1c(I)cc(C(=O)OCC(=O)c2ccccc2)cc1OCc1ccccc1. The molecule has 0 amide bonds. The van der Waals surface area contributed by atoms with E-state index in [1.165, 1.54) is 0 Å². The summed E-state index contributed by atoms with van der Waals surface area (Å²) < 4.78 is 17.6. The minimum Gasteiger partial charge on any atom is -0.489 e. The zero-order chi connectivity index (χ0) is 21.3. The van der Waals surface area contributed by atoms with Gasteiger partial charge in [0.1, 0.15) is 6.61 Å². The van der Waals surface area contributed by atoms with Gasteiger partial charge in [-0.2, -0.15) is 0 Å². The Kier molecular flexibility index (Phi) is 7.84. The molecule has 0 atom stereocenters. The number of ketones is 1. The fourth-order valence-electron chi connectivity index (χ4n) is 2.73. The zero-order valence-electron chi connectivity index (χ0n) is 16.5. The molecule has 0 aliphatic carbocycles. The third-order valence-electron chi connectivity index (χ3n) is 4.20. The molecule has 0 unspecified atom stereocenters. The topological polar surface area (TPSA) is 61.8 Å². The lowest BCUT2D eigenvalue weighted by atomic mass is 10.1. The van der Waals surface area contributed by atoms with Crippen molar-refractivity contribution in [1.82, 2.24) is 0 Å². The summed E-state index contributed by atoms with van der Waals surface area (Å²) in [6.45, 7) is 2.36. The van der Waals surface area contributed by atoms with Crippen LogP contribution in [0.5, 0.6) is 11.5 Å². The van der Waals surface area contributed by atoms with E-state index in [1.54, 1.807) is 36.4 Å². The molecule has 3 aromatic rings. The molecule has 0 aliphatic heterocycles. The lowest BCUT2D eigenvalue weighted by Crippen LogP contribution is -2.14. The number of hydrogen-bond acceptors (Lipinski definition) is 5. The van der Waals surface area contributed by atoms with Crippen molar-refractivity contribution in [2.75, 3.05) is 13.2 Å². The predicted molar refractivity (Wildman–Crippen MR) is 122 cm³/mol. The van der Waals surface area contributed by atoms with Crippen molar-refractivity contribution in [2.45, 2.75) is 13.5 Å². The van der Waals surface area contributed by atoms with Crippen molar-refractivity contribution in [1.29, 1.82) is 0 Å². The zero-order valence-corrected chi connectivity index (χ0v) is 18.6. The number of carbonyl (C=O) groups is 2. The van der Waals surface area contributed by atoms with Crippen LogP contribution >= 0.6 is 22.6 Å². The van der Waals surface area contributed by atoms with Crippen LogP contribution in [0.1, 0.15) is 33.2 Å². The molecule has 0 saturated heterocycles. The van der Waals surface area contributed by atoms with Gasteiger partial charge in [0.25, 0.3) is 0 Å². The molecule has 6 heteroatoms. The molecule has 30 heavy (non-hydrogen) atoms. The number of ether oxygens (including phenoxy) is 3. The molecule has 0 radical (unpaired) electrons. The average Bonchev–Trinajstić information content (AvgIpc) is 2.78. The molecule has 0 aliphatic rings. The summed E-state index contributed by atoms with van der Waals surface area (Å²) in [7, 11) is 0. The number of halogens is 1. The summed E-state index contributed by atoms with van der Waals surface area (Å²) in [5, 5.41) is 0. The highest BCUT2D eigenvalue weighted by Gasteiger charge is 2.18. The van der Waals surface area contributed by atoms with Gasteiger partial charge in [-0.3, -0.25) is 4.79 Å². The lowest BCUT2D eigenvalue weighted by molar-refractivity contribution is 0.0474. The van der Waals surface area contributed by atoms with E-state index in [0.29, 0.717) is 35.8 Å². The smallest absolute Gasteiger partial charge is 0.338 e. The van der Waals surface area contributed by atoms with Crippen LogP contribution in [0.15, 0.2) is 72.8 Å². The second-order valence-corrected chi connectivity index (χ2v) is 7.52. The van der Waals surface area contributed by atoms with E-state index >= 15 is 0 Å². The van der Waals surface area contributed by atoms with Crippen molar-refractivity contribution in [3.05, 3.63) is 93.1 Å². The van der Waals surface area contributed by atoms with Crippen LogP contribution in [0.25, 0.3) is 0 Å². The maximum atomic E-state index is 12.6. The molecular formula is C24H21IO5. The molecule has 0 fully saturated rings. The summed E-state index contributed by atoms with van der Waals surface area (Å²) in [5.74, 6) is 0.176. The Morgan fingerprint density at radius 2 is 1.53 bits per heavy atom. The first-order chi connectivity index (χ1) is 14.6. The molecular weight excluding hydrogens is 495 g/mol. The van der Waals surface area contributed by atoms with E-state index in [0.717, 1.165) is 9.13 Å². The number of carbonyl (C=O) groups excluding carboxylic acids is 2. The second-order valence-electron chi connectivity index (χ2n) is 6.36. The van der Waals surface area contributed by atoms with Gasteiger partial charge in [0.2, 0.25) is 0 Å². The molecule has 3 rings (SSSR count). The van der Waals surface area contributed by atoms with Crippen molar-refractivity contribution in [3.8, 4) is 11.5 Å². The van der Waals surface area contributed by atoms with Crippen LogP contribution < -0.4 is 9.47 Å². The Bertz CT molecular complexity index is 1000. The maximum absolute atomic E-state index is 12.6. The Hall–Kier alpha value is -2.87. The highest BCUT2D eigenvalue weighted by atomic mass is 127. The van der Waals surface area contributed by atoms with E-state index in [2.05, 4.69) is 22.6 Å². The molecule has 154 valence electrons. The van der Waals surface area contributed by atoms with E-state index in [9.17, 15) is 9.59 Å². The van der Waals surface area contributed by atoms with E-state index < -0.39 is 5.97 Å². The third-order valence-corrected chi connectivity index (χ3v) is 5.00. The molecule has 0 bridgehead atoms. The van der Waals surface area contributed by atoms with Gasteiger partial charge in [-0.15, -0.1) is 0 Å². The normalized spacial score (nSPS) is 10.3. The van der Waals surface area contributed by atoms with Gasteiger partial charge < -0.3 is 14.2 Å². The van der Waals surface area contributed by atoms with Crippen LogP contribution in [0, 0.1) is 3.57 Å². The van der Waals surface area contributed by atoms with Crippen molar-refractivity contribution < 1.29 is 23.8 Å². The molecule has 0 heterocycles. The Labute approximate surface area is 189 Å². The summed E-state index contributed by atoms with van der Waals surface area (Å²) in [6, 6.07) is 21.7. The number of hydrogen-bond donors (Lipinski definition) is 0. The minimum atomic E-state index is -0.593. The highest BCUT2D eigenvalue weighted by molar-refractivity contribution is 14.1. The first kappa shape index (κ1) is 21.8. The first-order valence-electron chi connectivity index (χ1n) is 9.47. The summed E-state index contributed by atoms with van der Waals surface area (Å²) >= 11 is 2.09. The predicted octanol–water partition coefficient (Wildman–Crippen LogP) is 5.31. The Balaban J connectivity index is 1.74. The van der Waals surface area contributed by atoms with Gasteiger partial charge in [0.15, 0.2) is 23.9 Å². The second kappa shape index (κ2) is 10.8. The standard InChI is InChI=1S/C24H21IO5/c1-2-28-23-20(25)13-19(14-22(23)29-15-17-9-5-3-6-10-17)24(27)30-16-21(26)18-11-7-4-8-12-18/h3-14H,2,15-16H2,1H3. The average molecular weight is 516 g/mol. The molecule has 0 saturated carbocycles. The Morgan fingerprint density at radius 1 is 0.867 bits per heavy atom. The minimum absolute atomic E-state index is 0.259. The molecule has 0 N–H and O–H groups in total. The fourth-order valence-corrected chi connectivity index (χ4v) is 3.49. The summed E-state index contributed by atoms with van der Waals surface area (Å²) in [5.41, 5.74) is 1.79. The van der Waals surface area contributed by atoms with Crippen molar-refractivity contribution >= 4 is 34.3 Å². The quantitative estimate of drug-likeness (QED) is 0.219. The monoisotopic (exact) mass is 516 g/mol. The number of Topliss-reactive ketones (excluding diaryl/α,β-unsaturated/α-hetero) is 1. The largest absolute Gasteiger partial charge is 0.489 e. The van der Waals surface area contributed by atoms with Gasteiger partial charge in [0, 0.05) is 5.56 Å².